The minimum absolute atomic E-state index is 0.0242. The van der Waals surface area contributed by atoms with Crippen molar-refractivity contribution >= 4 is 15.7 Å². The van der Waals surface area contributed by atoms with Gasteiger partial charge >= 0.3 is 0 Å². The van der Waals surface area contributed by atoms with Crippen LogP contribution in [0, 0.1) is 11.7 Å². The molecule has 0 fully saturated rings. The van der Waals surface area contributed by atoms with Gasteiger partial charge in [-0.2, -0.15) is 0 Å². The Bertz CT molecular complexity index is 500. The fraction of sp³-hybridized carbons (Fsp3) is 0.455. The van der Waals surface area contributed by atoms with Crippen LogP contribution < -0.4 is 10.5 Å². The summed E-state index contributed by atoms with van der Waals surface area (Å²) >= 11 is 0. The summed E-state index contributed by atoms with van der Waals surface area (Å²) in [4.78, 5) is -0.0242. The Morgan fingerprint density at radius 1 is 1.29 bits per heavy atom. The normalized spacial score (nSPS) is 13.9. The van der Waals surface area contributed by atoms with Crippen LogP contribution in [0.1, 0.15) is 20.8 Å². The van der Waals surface area contributed by atoms with Gasteiger partial charge in [0.25, 0.3) is 0 Å². The van der Waals surface area contributed by atoms with Gasteiger partial charge in [0.1, 0.15) is 5.82 Å². The third-order valence-corrected chi connectivity index (χ3v) is 4.18. The molecule has 6 heteroatoms. The van der Waals surface area contributed by atoms with Gasteiger partial charge in [-0.1, -0.05) is 13.8 Å². The zero-order valence-electron chi connectivity index (χ0n) is 10.1. The zero-order valence-corrected chi connectivity index (χ0v) is 10.9. The molecule has 0 amide bonds. The van der Waals surface area contributed by atoms with Gasteiger partial charge in [0.15, 0.2) is 0 Å². The van der Waals surface area contributed by atoms with Crippen LogP contribution in [-0.2, 0) is 10.0 Å². The maximum absolute atomic E-state index is 12.9. The Hall–Kier alpha value is -1.14. The van der Waals surface area contributed by atoms with Crippen LogP contribution in [0.25, 0.3) is 0 Å². The van der Waals surface area contributed by atoms with Crippen molar-refractivity contribution in [1.29, 1.82) is 0 Å². The van der Waals surface area contributed by atoms with Gasteiger partial charge in [-0.05, 0) is 31.0 Å². The summed E-state index contributed by atoms with van der Waals surface area (Å²) in [5.41, 5.74) is 5.16. The van der Waals surface area contributed by atoms with Gasteiger partial charge in [0, 0.05) is 6.04 Å². The van der Waals surface area contributed by atoms with E-state index in [4.69, 9.17) is 5.73 Å². The number of anilines is 1. The number of hydrogen-bond acceptors (Lipinski definition) is 3. The largest absolute Gasteiger partial charge is 0.396 e. The molecule has 0 saturated heterocycles. The van der Waals surface area contributed by atoms with E-state index >= 15 is 0 Å². The molecule has 0 spiro atoms. The zero-order chi connectivity index (χ0) is 13.2. The van der Waals surface area contributed by atoms with Crippen molar-refractivity contribution in [2.24, 2.45) is 5.92 Å². The van der Waals surface area contributed by atoms with Gasteiger partial charge in [0.05, 0.1) is 10.6 Å². The SMILES string of the molecule is CC(C)C(C)NS(=O)(=O)c1ccc(F)c(N)c1. The average Bonchev–Trinajstić information content (AvgIpc) is 2.21. The van der Waals surface area contributed by atoms with Crippen molar-refractivity contribution in [1.82, 2.24) is 4.72 Å². The Balaban J connectivity index is 3.01. The Morgan fingerprint density at radius 2 is 1.88 bits per heavy atom. The lowest BCUT2D eigenvalue weighted by Gasteiger charge is -2.17. The van der Waals surface area contributed by atoms with Gasteiger partial charge in [0.2, 0.25) is 10.0 Å². The molecular formula is C11H17FN2O2S. The highest BCUT2D eigenvalue weighted by Gasteiger charge is 2.19. The minimum atomic E-state index is -3.64. The summed E-state index contributed by atoms with van der Waals surface area (Å²) in [6.45, 7) is 5.59. The minimum Gasteiger partial charge on any atom is -0.396 e. The Morgan fingerprint density at radius 3 is 2.35 bits per heavy atom. The molecule has 0 aliphatic rings. The molecule has 0 aliphatic heterocycles. The highest BCUT2D eigenvalue weighted by atomic mass is 32.2. The molecule has 1 aromatic rings. The molecule has 1 rings (SSSR count). The van der Waals surface area contributed by atoms with Crippen LogP contribution in [0.5, 0.6) is 0 Å². The Labute approximate surface area is 101 Å². The molecule has 1 atom stereocenters. The summed E-state index contributed by atoms with van der Waals surface area (Å²) in [7, 11) is -3.64. The number of nitrogen functional groups attached to an aromatic ring is 1. The van der Waals surface area contributed by atoms with Crippen molar-refractivity contribution in [3.05, 3.63) is 24.0 Å². The molecule has 17 heavy (non-hydrogen) atoms. The number of hydrogen-bond donors (Lipinski definition) is 2. The predicted molar refractivity (Wildman–Crippen MR) is 65.4 cm³/mol. The second-order valence-electron chi connectivity index (χ2n) is 4.34. The first-order valence-electron chi connectivity index (χ1n) is 5.31. The molecule has 4 nitrogen and oxygen atoms in total. The van der Waals surface area contributed by atoms with E-state index < -0.39 is 15.8 Å². The van der Waals surface area contributed by atoms with Crippen LogP contribution >= 0.6 is 0 Å². The third-order valence-electron chi connectivity index (χ3n) is 2.62. The summed E-state index contributed by atoms with van der Waals surface area (Å²) in [6.07, 6.45) is 0. The number of halogens is 1. The molecule has 0 aromatic heterocycles. The lowest BCUT2D eigenvalue weighted by molar-refractivity contribution is 0.476. The maximum Gasteiger partial charge on any atom is 0.240 e. The van der Waals surface area contributed by atoms with E-state index in [1.807, 2.05) is 13.8 Å². The summed E-state index contributed by atoms with van der Waals surface area (Å²) in [5, 5.41) is 0. The molecule has 3 N–H and O–H groups in total. The summed E-state index contributed by atoms with van der Waals surface area (Å²) in [6, 6.07) is 3.15. The molecule has 0 heterocycles. The monoisotopic (exact) mass is 260 g/mol. The van der Waals surface area contributed by atoms with Crippen LogP contribution in [0.3, 0.4) is 0 Å². The van der Waals surface area contributed by atoms with Crippen molar-refractivity contribution < 1.29 is 12.8 Å². The van der Waals surface area contributed by atoms with Crippen molar-refractivity contribution in [3.63, 3.8) is 0 Å². The number of benzene rings is 1. The number of rotatable bonds is 4. The number of nitrogens with two attached hydrogens (primary N) is 1. The average molecular weight is 260 g/mol. The molecule has 0 radical (unpaired) electrons. The van der Waals surface area contributed by atoms with E-state index in [2.05, 4.69) is 4.72 Å². The molecular weight excluding hydrogens is 243 g/mol. The van der Waals surface area contributed by atoms with Crippen LogP contribution in [-0.4, -0.2) is 14.5 Å². The lowest BCUT2D eigenvalue weighted by Crippen LogP contribution is -2.36. The first-order valence-corrected chi connectivity index (χ1v) is 6.79. The second-order valence-corrected chi connectivity index (χ2v) is 6.05. The van der Waals surface area contributed by atoms with E-state index in [9.17, 15) is 12.8 Å². The Kier molecular flexibility index (Phi) is 4.11. The fourth-order valence-corrected chi connectivity index (χ4v) is 2.56. The number of sulfonamides is 1. The van der Waals surface area contributed by atoms with Crippen LogP contribution in [0.2, 0.25) is 0 Å². The van der Waals surface area contributed by atoms with E-state index in [0.29, 0.717) is 0 Å². The number of nitrogens with one attached hydrogen (secondary N) is 1. The lowest BCUT2D eigenvalue weighted by atomic mass is 10.1. The molecule has 96 valence electrons. The van der Waals surface area contributed by atoms with Crippen LogP contribution in [0.15, 0.2) is 23.1 Å². The van der Waals surface area contributed by atoms with E-state index in [1.54, 1.807) is 6.92 Å². The van der Waals surface area contributed by atoms with Crippen molar-refractivity contribution in [2.45, 2.75) is 31.7 Å². The topological polar surface area (TPSA) is 72.2 Å². The van der Waals surface area contributed by atoms with E-state index in [1.165, 1.54) is 6.07 Å². The quantitative estimate of drug-likeness (QED) is 0.810. The molecule has 0 saturated carbocycles. The van der Waals surface area contributed by atoms with Gasteiger partial charge in [-0.15, -0.1) is 0 Å². The summed E-state index contributed by atoms with van der Waals surface area (Å²) < 4.78 is 39.3. The summed E-state index contributed by atoms with van der Waals surface area (Å²) in [5.74, 6) is -0.455. The van der Waals surface area contributed by atoms with Crippen LogP contribution in [0.4, 0.5) is 10.1 Å². The standard InChI is InChI=1S/C11H17FN2O2S/c1-7(2)8(3)14-17(15,16)9-4-5-10(12)11(13)6-9/h4-8,14H,13H2,1-3H3. The van der Waals surface area contributed by atoms with Gasteiger partial charge < -0.3 is 5.73 Å². The van der Waals surface area contributed by atoms with E-state index in [-0.39, 0.29) is 22.5 Å². The van der Waals surface area contributed by atoms with E-state index in [0.717, 1.165) is 12.1 Å². The second kappa shape index (κ2) is 5.01. The highest BCUT2D eigenvalue weighted by Crippen LogP contribution is 2.17. The smallest absolute Gasteiger partial charge is 0.240 e. The molecule has 1 unspecified atom stereocenters. The third kappa shape index (κ3) is 3.41. The van der Waals surface area contributed by atoms with Gasteiger partial charge in [-0.25, -0.2) is 17.5 Å². The van der Waals surface area contributed by atoms with Crippen molar-refractivity contribution in [2.75, 3.05) is 5.73 Å². The maximum atomic E-state index is 12.9. The fourth-order valence-electron chi connectivity index (χ4n) is 1.14. The first kappa shape index (κ1) is 13.9. The predicted octanol–water partition coefficient (Wildman–Crippen LogP) is 1.73. The van der Waals surface area contributed by atoms with Crippen molar-refractivity contribution in [3.8, 4) is 0 Å². The van der Waals surface area contributed by atoms with Gasteiger partial charge in [-0.3, -0.25) is 0 Å². The molecule has 1 aromatic carbocycles. The molecule has 0 bridgehead atoms. The highest BCUT2D eigenvalue weighted by molar-refractivity contribution is 7.89. The molecule has 0 aliphatic carbocycles. The first-order chi connectivity index (χ1) is 7.74.